The Hall–Kier alpha value is -3.42. The van der Waals surface area contributed by atoms with Crippen molar-refractivity contribution < 1.29 is 24.0 Å². The van der Waals surface area contributed by atoms with Gasteiger partial charge in [0.05, 0.1) is 18.1 Å². The molecule has 0 aliphatic carbocycles. The molecule has 8 nitrogen and oxygen atoms in total. The lowest BCUT2D eigenvalue weighted by atomic mass is 10.0. The number of hydrogen-bond acceptors (Lipinski definition) is 6. The topological polar surface area (TPSA) is 108 Å². The van der Waals surface area contributed by atoms with E-state index in [0.717, 1.165) is 24.5 Å². The highest BCUT2D eigenvalue weighted by Crippen LogP contribution is 2.25. The maximum absolute atomic E-state index is 12.6. The summed E-state index contributed by atoms with van der Waals surface area (Å²) in [6, 6.07) is 12.9. The third-order valence-electron chi connectivity index (χ3n) is 4.36. The average Bonchev–Trinajstić information content (AvgIpc) is 2.73. The SMILES string of the molecule is CCC[C@H](NC(=O)[C@@H](C)OC(=O)c1cc([N+](=O)[O-])ccc1OC)c1ccccc1. The molecule has 0 aliphatic heterocycles. The summed E-state index contributed by atoms with van der Waals surface area (Å²) in [5, 5.41) is 13.9. The van der Waals surface area contributed by atoms with E-state index in [4.69, 9.17) is 9.47 Å². The minimum absolute atomic E-state index is 0.116. The average molecular weight is 400 g/mol. The van der Waals surface area contributed by atoms with E-state index >= 15 is 0 Å². The number of ether oxygens (including phenoxy) is 2. The van der Waals surface area contributed by atoms with Crippen molar-refractivity contribution in [2.45, 2.75) is 38.8 Å². The van der Waals surface area contributed by atoms with Crippen molar-refractivity contribution >= 4 is 17.6 Å². The first-order valence-electron chi connectivity index (χ1n) is 9.26. The van der Waals surface area contributed by atoms with Crippen LogP contribution in [0.4, 0.5) is 5.69 Å². The number of rotatable bonds is 9. The summed E-state index contributed by atoms with van der Waals surface area (Å²) in [5.41, 5.74) is 0.568. The molecule has 0 unspecified atom stereocenters. The van der Waals surface area contributed by atoms with Crippen LogP contribution < -0.4 is 10.1 Å². The molecular weight excluding hydrogens is 376 g/mol. The van der Waals surface area contributed by atoms with Crippen LogP contribution in [0.25, 0.3) is 0 Å². The number of carbonyl (C=O) groups excluding carboxylic acids is 2. The van der Waals surface area contributed by atoms with Gasteiger partial charge in [-0.2, -0.15) is 0 Å². The fraction of sp³-hybridized carbons (Fsp3) is 0.333. The molecule has 0 saturated heterocycles. The van der Waals surface area contributed by atoms with Crippen LogP contribution in [-0.4, -0.2) is 30.0 Å². The van der Waals surface area contributed by atoms with Gasteiger partial charge in [0.2, 0.25) is 0 Å². The van der Waals surface area contributed by atoms with Crippen molar-refractivity contribution in [1.29, 1.82) is 0 Å². The molecule has 2 rings (SSSR count). The summed E-state index contributed by atoms with van der Waals surface area (Å²) in [4.78, 5) is 35.4. The molecule has 0 heterocycles. The van der Waals surface area contributed by atoms with E-state index in [1.807, 2.05) is 37.3 Å². The molecule has 0 bridgehead atoms. The Bertz CT molecular complexity index is 869. The van der Waals surface area contributed by atoms with Crippen molar-refractivity contribution in [3.05, 3.63) is 69.8 Å². The minimum atomic E-state index is -1.09. The van der Waals surface area contributed by atoms with Gasteiger partial charge in [0.25, 0.3) is 11.6 Å². The second-order valence-corrected chi connectivity index (χ2v) is 6.45. The van der Waals surface area contributed by atoms with Gasteiger partial charge in [-0.3, -0.25) is 14.9 Å². The first kappa shape index (κ1) is 21.9. The Morgan fingerprint density at radius 2 is 1.86 bits per heavy atom. The first-order valence-corrected chi connectivity index (χ1v) is 9.26. The molecule has 0 spiro atoms. The molecule has 2 aromatic carbocycles. The van der Waals surface area contributed by atoms with Crippen molar-refractivity contribution in [2.24, 2.45) is 0 Å². The van der Waals surface area contributed by atoms with Crippen LogP contribution in [0, 0.1) is 10.1 Å². The van der Waals surface area contributed by atoms with Gasteiger partial charge in [0.15, 0.2) is 6.10 Å². The molecule has 29 heavy (non-hydrogen) atoms. The highest BCUT2D eigenvalue weighted by molar-refractivity contribution is 5.95. The second-order valence-electron chi connectivity index (χ2n) is 6.45. The van der Waals surface area contributed by atoms with Gasteiger partial charge in [0, 0.05) is 12.1 Å². The summed E-state index contributed by atoms with van der Waals surface area (Å²) < 4.78 is 10.3. The van der Waals surface area contributed by atoms with Crippen molar-refractivity contribution in [2.75, 3.05) is 7.11 Å². The number of nitro groups is 1. The largest absolute Gasteiger partial charge is 0.496 e. The van der Waals surface area contributed by atoms with Gasteiger partial charge in [-0.05, 0) is 25.0 Å². The van der Waals surface area contributed by atoms with Crippen LogP contribution >= 0.6 is 0 Å². The van der Waals surface area contributed by atoms with Gasteiger partial charge in [-0.25, -0.2) is 4.79 Å². The number of nitro benzene ring substituents is 1. The molecule has 2 atom stereocenters. The Balaban J connectivity index is 2.11. The lowest BCUT2D eigenvalue weighted by Crippen LogP contribution is -2.38. The summed E-state index contributed by atoms with van der Waals surface area (Å²) >= 11 is 0. The predicted octanol–water partition coefficient (Wildman–Crippen LogP) is 3.81. The third-order valence-corrected chi connectivity index (χ3v) is 4.36. The zero-order valence-electron chi connectivity index (χ0n) is 16.6. The molecule has 154 valence electrons. The van der Waals surface area contributed by atoms with Crippen LogP contribution in [0.3, 0.4) is 0 Å². The Kier molecular flexibility index (Phi) is 7.70. The highest BCUT2D eigenvalue weighted by atomic mass is 16.6. The molecule has 0 aliphatic rings. The lowest BCUT2D eigenvalue weighted by Gasteiger charge is -2.21. The zero-order chi connectivity index (χ0) is 21.4. The second kappa shape index (κ2) is 10.2. The van der Waals surface area contributed by atoms with E-state index in [1.54, 1.807) is 0 Å². The minimum Gasteiger partial charge on any atom is -0.496 e. The van der Waals surface area contributed by atoms with E-state index in [1.165, 1.54) is 26.2 Å². The number of esters is 1. The Labute approximate surface area is 169 Å². The molecule has 1 N–H and O–H groups in total. The fourth-order valence-corrected chi connectivity index (χ4v) is 2.83. The maximum Gasteiger partial charge on any atom is 0.342 e. The lowest BCUT2D eigenvalue weighted by molar-refractivity contribution is -0.384. The number of nitrogens with zero attached hydrogens (tertiary/aromatic N) is 1. The molecule has 0 fully saturated rings. The quantitative estimate of drug-likeness (QED) is 0.390. The van der Waals surface area contributed by atoms with E-state index < -0.39 is 22.9 Å². The summed E-state index contributed by atoms with van der Waals surface area (Å²) in [7, 11) is 1.34. The van der Waals surface area contributed by atoms with Crippen molar-refractivity contribution in [3.63, 3.8) is 0 Å². The number of nitrogens with one attached hydrogen (secondary N) is 1. The molecule has 2 aromatic rings. The summed E-state index contributed by atoms with van der Waals surface area (Å²) in [5.74, 6) is -1.20. The van der Waals surface area contributed by atoms with E-state index in [0.29, 0.717) is 0 Å². The summed E-state index contributed by atoms with van der Waals surface area (Å²) in [6.45, 7) is 3.46. The molecule has 1 amide bonds. The van der Waals surface area contributed by atoms with Gasteiger partial charge in [-0.15, -0.1) is 0 Å². The molecule has 0 aromatic heterocycles. The van der Waals surface area contributed by atoms with Gasteiger partial charge in [0.1, 0.15) is 11.3 Å². The normalized spacial score (nSPS) is 12.5. The van der Waals surface area contributed by atoms with Crippen LogP contribution in [0.5, 0.6) is 5.75 Å². The molecule has 8 heteroatoms. The van der Waals surface area contributed by atoms with Crippen molar-refractivity contribution in [1.82, 2.24) is 5.32 Å². The molecule has 0 radical (unpaired) electrons. The Morgan fingerprint density at radius 1 is 1.17 bits per heavy atom. The number of methoxy groups -OCH3 is 1. The van der Waals surface area contributed by atoms with Crippen LogP contribution in [-0.2, 0) is 9.53 Å². The Morgan fingerprint density at radius 3 is 2.45 bits per heavy atom. The smallest absolute Gasteiger partial charge is 0.342 e. The number of non-ortho nitro benzene ring substituents is 1. The van der Waals surface area contributed by atoms with Crippen LogP contribution in [0.15, 0.2) is 48.5 Å². The van der Waals surface area contributed by atoms with Crippen molar-refractivity contribution in [3.8, 4) is 5.75 Å². The molecule has 0 saturated carbocycles. The number of benzene rings is 2. The molecular formula is C21H24N2O6. The third kappa shape index (κ3) is 5.78. The maximum atomic E-state index is 12.6. The van der Waals surface area contributed by atoms with Gasteiger partial charge < -0.3 is 14.8 Å². The van der Waals surface area contributed by atoms with E-state index in [-0.39, 0.29) is 23.0 Å². The fourth-order valence-electron chi connectivity index (χ4n) is 2.83. The standard InChI is InChI=1S/C21H24N2O6/c1-4-8-18(15-9-6-5-7-10-15)22-20(24)14(2)29-21(25)17-13-16(23(26)27)11-12-19(17)28-3/h5-7,9-14,18H,4,8H2,1-3H3,(H,22,24)/t14-,18+/m1/s1. The van der Waals surface area contributed by atoms with Crippen LogP contribution in [0.2, 0.25) is 0 Å². The number of amides is 1. The van der Waals surface area contributed by atoms with E-state index in [9.17, 15) is 19.7 Å². The van der Waals surface area contributed by atoms with Gasteiger partial charge in [-0.1, -0.05) is 43.7 Å². The predicted molar refractivity (Wildman–Crippen MR) is 107 cm³/mol. The first-order chi connectivity index (χ1) is 13.9. The zero-order valence-corrected chi connectivity index (χ0v) is 16.6. The number of hydrogen-bond donors (Lipinski definition) is 1. The monoisotopic (exact) mass is 400 g/mol. The summed E-state index contributed by atoms with van der Waals surface area (Å²) in [6.07, 6.45) is 0.503. The highest BCUT2D eigenvalue weighted by Gasteiger charge is 2.25. The number of carbonyl (C=O) groups is 2. The van der Waals surface area contributed by atoms with Crippen LogP contribution in [0.1, 0.15) is 48.7 Å². The van der Waals surface area contributed by atoms with E-state index in [2.05, 4.69) is 5.32 Å². The van der Waals surface area contributed by atoms with Gasteiger partial charge >= 0.3 is 5.97 Å².